The minimum absolute atomic E-state index is 0.0221. The monoisotopic (exact) mass is 685 g/mol. The Morgan fingerprint density at radius 3 is 1.96 bits per heavy atom. The topological polar surface area (TPSA) is 215 Å². The van der Waals surface area contributed by atoms with Crippen molar-refractivity contribution in [3.05, 3.63) is 78.4 Å². The molecule has 5 aromatic rings. The number of halogens is 2. The summed E-state index contributed by atoms with van der Waals surface area (Å²) in [5.74, 6) is -1.23. The van der Waals surface area contributed by atoms with Crippen LogP contribution in [0.3, 0.4) is 0 Å². The fourth-order valence-corrected chi connectivity index (χ4v) is 5.04. The zero-order valence-electron chi connectivity index (χ0n) is 24.2. The molecule has 0 atom stereocenters. The third-order valence-electron chi connectivity index (χ3n) is 5.71. The van der Waals surface area contributed by atoms with Crippen molar-refractivity contribution in [1.29, 1.82) is 0 Å². The van der Waals surface area contributed by atoms with Crippen LogP contribution in [0.25, 0.3) is 44.9 Å². The lowest BCUT2D eigenvalue weighted by atomic mass is 10.0. The molecule has 45 heavy (non-hydrogen) atoms. The van der Waals surface area contributed by atoms with Gasteiger partial charge in [-0.1, -0.05) is 36.4 Å². The average Bonchev–Trinajstić information content (AvgIpc) is 3.49. The molecular weight excluding hydrogens is 657 g/mol. The van der Waals surface area contributed by atoms with Gasteiger partial charge in [-0.05, 0) is 44.2 Å². The van der Waals surface area contributed by atoms with E-state index in [2.05, 4.69) is 15.0 Å². The van der Waals surface area contributed by atoms with Crippen LogP contribution in [0.15, 0.2) is 66.7 Å². The van der Waals surface area contributed by atoms with Crippen LogP contribution >= 0.6 is 0 Å². The number of aromatic nitrogens is 4. The zero-order chi connectivity index (χ0) is 33.9. The first-order valence-corrected chi connectivity index (χ1v) is 17.8. The molecular formula is C27H29F2N5O8S3. The summed E-state index contributed by atoms with van der Waals surface area (Å²) in [7, 11) is -11.1. The van der Waals surface area contributed by atoms with E-state index in [0.717, 1.165) is 27.7 Å². The molecule has 5 rings (SSSR count). The van der Waals surface area contributed by atoms with Crippen molar-refractivity contribution in [2.45, 2.75) is 19.1 Å². The number of imidazole rings is 2. The first-order chi connectivity index (χ1) is 20.7. The lowest BCUT2D eigenvalue weighted by Crippen LogP contribution is -2.23. The summed E-state index contributed by atoms with van der Waals surface area (Å²) < 4.78 is 107. The van der Waals surface area contributed by atoms with E-state index >= 15 is 0 Å². The number of fused-ring (bicyclic) bond motifs is 1. The molecule has 0 saturated heterocycles. The summed E-state index contributed by atoms with van der Waals surface area (Å²) in [5.41, 5.74) is 8.97. The molecule has 13 nitrogen and oxygen atoms in total. The van der Waals surface area contributed by atoms with Gasteiger partial charge in [0.05, 0.1) is 45.7 Å². The molecule has 0 aliphatic heterocycles. The zero-order valence-corrected chi connectivity index (χ0v) is 26.6. The Morgan fingerprint density at radius 1 is 0.822 bits per heavy atom. The Hall–Kier alpha value is -4.23. The number of nitrogens with one attached hydrogen (secondary N) is 1. The highest BCUT2D eigenvalue weighted by molar-refractivity contribution is 7.90. The van der Waals surface area contributed by atoms with Crippen molar-refractivity contribution >= 4 is 47.2 Å². The van der Waals surface area contributed by atoms with Crippen molar-refractivity contribution in [1.82, 2.24) is 18.9 Å². The van der Waals surface area contributed by atoms with Crippen LogP contribution in [-0.4, -0.2) is 71.0 Å². The molecule has 0 amide bonds. The number of hydrogen-bond donors (Lipinski definition) is 4. The third kappa shape index (κ3) is 9.38. The highest BCUT2D eigenvalue weighted by atomic mass is 32.2. The van der Waals surface area contributed by atoms with Crippen LogP contribution in [0.4, 0.5) is 14.7 Å². The van der Waals surface area contributed by atoms with Crippen LogP contribution in [0.2, 0.25) is 0 Å². The maximum Gasteiger partial charge on any atom is 0.261 e. The van der Waals surface area contributed by atoms with Gasteiger partial charge in [0.2, 0.25) is 16.0 Å². The molecule has 5 N–H and O–H groups in total. The highest BCUT2D eigenvalue weighted by Gasteiger charge is 2.25. The summed E-state index contributed by atoms with van der Waals surface area (Å²) in [5, 5.41) is -0.723. The SMILES string of the molecule is CC(C)S(=O)(=O)n1c(N)nc2ccc(-c3nc(-c4cc(F)ccc4F)[nH]c3-c3ccccc3)cc21.CS(=O)(=O)O.CS(=O)(=O)O. The van der Waals surface area contributed by atoms with Gasteiger partial charge in [0.25, 0.3) is 20.2 Å². The van der Waals surface area contributed by atoms with E-state index in [1.54, 1.807) is 32.0 Å². The van der Waals surface area contributed by atoms with Gasteiger partial charge in [-0.15, -0.1) is 0 Å². The fraction of sp³-hybridized carbons (Fsp3) is 0.185. The second-order valence-electron chi connectivity index (χ2n) is 9.80. The Bertz CT molecular complexity index is 2120. The molecule has 0 saturated carbocycles. The number of H-pyrrole nitrogens is 1. The Balaban J connectivity index is 0.000000482. The number of benzene rings is 3. The largest absolute Gasteiger partial charge is 0.368 e. The molecule has 2 heterocycles. The smallest absolute Gasteiger partial charge is 0.261 e. The fourth-order valence-electron chi connectivity index (χ4n) is 3.90. The summed E-state index contributed by atoms with van der Waals surface area (Å²) in [4.78, 5) is 11.9. The van der Waals surface area contributed by atoms with Gasteiger partial charge in [-0.25, -0.2) is 31.1 Å². The summed E-state index contributed by atoms with van der Waals surface area (Å²) in [6.45, 7) is 3.12. The van der Waals surface area contributed by atoms with Gasteiger partial charge in [-0.3, -0.25) is 9.11 Å². The Morgan fingerprint density at radius 2 is 1.40 bits per heavy atom. The predicted octanol–water partition coefficient (Wildman–Crippen LogP) is 4.22. The summed E-state index contributed by atoms with van der Waals surface area (Å²) >= 11 is 0. The van der Waals surface area contributed by atoms with E-state index in [9.17, 15) is 34.0 Å². The number of aromatic amines is 1. The van der Waals surface area contributed by atoms with Crippen LogP contribution in [0.5, 0.6) is 0 Å². The Kier molecular flexibility index (Phi) is 10.5. The molecule has 3 aromatic carbocycles. The maximum absolute atomic E-state index is 14.6. The first-order valence-electron chi connectivity index (χ1n) is 12.6. The summed E-state index contributed by atoms with van der Waals surface area (Å²) in [6.07, 6.45) is 1.43. The molecule has 0 aliphatic carbocycles. The number of anilines is 1. The van der Waals surface area contributed by atoms with E-state index in [1.165, 1.54) is 0 Å². The number of nitrogen functional groups attached to an aromatic ring is 1. The van der Waals surface area contributed by atoms with E-state index in [0.29, 0.717) is 40.5 Å². The van der Waals surface area contributed by atoms with Crippen molar-refractivity contribution in [2.75, 3.05) is 18.2 Å². The van der Waals surface area contributed by atoms with Crippen molar-refractivity contribution in [3.63, 3.8) is 0 Å². The molecule has 0 radical (unpaired) electrons. The predicted molar refractivity (Wildman–Crippen MR) is 167 cm³/mol. The second kappa shape index (κ2) is 13.4. The van der Waals surface area contributed by atoms with Gasteiger partial charge in [-0.2, -0.15) is 16.8 Å². The molecule has 0 unspecified atom stereocenters. The number of nitrogens with two attached hydrogens (primary N) is 1. The molecule has 0 aliphatic rings. The molecule has 2 aromatic heterocycles. The lowest BCUT2D eigenvalue weighted by Gasteiger charge is -2.11. The normalized spacial score (nSPS) is 11.9. The number of hydrogen-bond acceptors (Lipinski definition) is 9. The van der Waals surface area contributed by atoms with Gasteiger partial charge in [0, 0.05) is 11.1 Å². The lowest BCUT2D eigenvalue weighted by molar-refractivity contribution is 0.488. The Labute approximate surface area is 258 Å². The molecule has 242 valence electrons. The molecule has 18 heteroatoms. The van der Waals surface area contributed by atoms with Crippen molar-refractivity contribution in [2.24, 2.45) is 0 Å². The van der Waals surface area contributed by atoms with Crippen molar-refractivity contribution in [3.8, 4) is 33.9 Å². The maximum atomic E-state index is 14.6. The number of rotatable bonds is 5. The minimum Gasteiger partial charge on any atom is -0.368 e. The van der Waals surface area contributed by atoms with E-state index in [4.69, 9.17) is 14.8 Å². The van der Waals surface area contributed by atoms with Crippen LogP contribution in [-0.2, 0) is 30.3 Å². The van der Waals surface area contributed by atoms with Crippen LogP contribution in [0, 0.1) is 11.6 Å². The first kappa shape index (κ1) is 35.3. The van der Waals surface area contributed by atoms with E-state index in [-0.39, 0.29) is 17.3 Å². The minimum atomic E-state index is -3.79. The van der Waals surface area contributed by atoms with Crippen LogP contribution in [0.1, 0.15) is 13.8 Å². The molecule has 0 bridgehead atoms. The van der Waals surface area contributed by atoms with Gasteiger partial charge in [0.1, 0.15) is 17.5 Å². The van der Waals surface area contributed by atoms with Crippen LogP contribution < -0.4 is 5.73 Å². The van der Waals surface area contributed by atoms with E-state index < -0.39 is 47.1 Å². The average molecular weight is 686 g/mol. The second-order valence-corrected chi connectivity index (χ2v) is 15.1. The molecule has 0 fully saturated rings. The highest BCUT2D eigenvalue weighted by Crippen LogP contribution is 2.36. The van der Waals surface area contributed by atoms with E-state index in [1.807, 2.05) is 30.3 Å². The van der Waals surface area contributed by atoms with Gasteiger partial charge < -0.3 is 10.7 Å². The van der Waals surface area contributed by atoms with Crippen molar-refractivity contribution < 1.29 is 43.1 Å². The molecule has 0 spiro atoms. The summed E-state index contributed by atoms with van der Waals surface area (Å²) in [6, 6.07) is 17.4. The van der Waals surface area contributed by atoms with Gasteiger partial charge in [0.15, 0.2) is 0 Å². The standard InChI is InChI=1S/C25H21F2N5O2S.2CH4O3S/c1-14(2)35(33,34)32-21-12-16(8-11-20(21)29-25(32)28)23-22(15-6-4-3-5-7-15)30-24(31-23)18-13-17(26)9-10-19(18)27;2*1-5(2,3)4/h3-14H,1-2H3,(H2,28,29)(H,30,31);2*1H3,(H,2,3,4). The number of nitrogens with zero attached hydrogens (tertiary/aromatic N) is 3. The van der Waals surface area contributed by atoms with Gasteiger partial charge >= 0.3 is 0 Å². The third-order valence-corrected chi connectivity index (χ3v) is 7.79. The quantitative estimate of drug-likeness (QED) is 0.192.